The predicted octanol–water partition coefficient (Wildman–Crippen LogP) is 3.77. The summed E-state index contributed by atoms with van der Waals surface area (Å²) in [5.74, 6) is -6.00. The zero-order valence-electron chi connectivity index (χ0n) is 16.0. The Morgan fingerprint density at radius 1 is 1.06 bits per heavy atom. The number of rotatable bonds is 3. The Balaban J connectivity index is 1.85. The summed E-state index contributed by atoms with van der Waals surface area (Å²) in [5, 5.41) is 10.5. The van der Waals surface area contributed by atoms with Gasteiger partial charge in [-0.2, -0.15) is 22.0 Å². The number of hydrogen-bond donors (Lipinski definition) is 1. The van der Waals surface area contributed by atoms with E-state index in [1.807, 2.05) is 0 Å². The van der Waals surface area contributed by atoms with Crippen molar-refractivity contribution in [2.75, 3.05) is 4.90 Å². The van der Waals surface area contributed by atoms with Crippen molar-refractivity contribution in [1.82, 2.24) is 4.57 Å². The van der Waals surface area contributed by atoms with Crippen molar-refractivity contribution in [1.29, 1.82) is 0 Å². The van der Waals surface area contributed by atoms with E-state index in [1.54, 1.807) is 30.3 Å². The summed E-state index contributed by atoms with van der Waals surface area (Å²) in [6, 6.07) is 11.0. The van der Waals surface area contributed by atoms with Gasteiger partial charge < -0.3 is 14.6 Å². The molecule has 0 saturated heterocycles. The van der Waals surface area contributed by atoms with Crippen LogP contribution in [-0.4, -0.2) is 21.8 Å². The van der Waals surface area contributed by atoms with Crippen LogP contribution in [0.5, 0.6) is 0 Å². The minimum absolute atomic E-state index is 0.211. The van der Waals surface area contributed by atoms with Gasteiger partial charge in [0.2, 0.25) is 0 Å². The van der Waals surface area contributed by atoms with Crippen LogP contribution in [0.4, 0.5) is 27.6 Å². The molecule has 31 heavy (non-hydrogen) atoms. The Morgan fingerprint density at radius 3 is 2.42 bits per heavy atom. The number of anilines is 1. The Kier molecular flexibility index (Phi) is 4.65. The Morgan fingerprint density at radius 2 is 1.74 bits per heavy atom. The van der Waals surface area contributed by atoms with Gasteiger partial charge in [-0.3, -0.25) is 9.59 Å². The number of nitrogens with zero attached hydrogens (tertiary/aromatic N) is 2. The van der Waals surface area contributed by atoms with E-state index in [0.29, 0.717) is 21.7 Å². The first kappa shape index (κ1) is 21.0. The van der Waals surface area contributed by atoms with Crippen molar-refractivity contribution < 1.29 is 31.9 Å². The summed E-state index contributed by atoms with van der Waals surface area (Å²) in [6.45, 7) is -0.469. The zero-order chi connectivity index (χ0) is 22.7. The van der Waals surface area contributed by atoms with Gasteiger partial charge in [0, 0.05) is 23.7 Å². The fourth-order valence-electron chi connectivity index (χ4n) is 3.79. The van der Waals surface area contributed by atoms with E-state index in [2.05, 4.69) is 0 Å². The lowest BCUT2D eigenvalue weighted by Gasteiger charge is -2.20. The van der Waals surface area contributed by atoms with E-state index >= 15 is 0 Å². The first-order chi connectivity index (χ1) is 14.4. The molecule has 0 radical (unpaired) electrons. The highest BCUT2D eigenvalue weighted by Crippen LogP contribution is 2.49. The third kappa shape index (κ3) is 3.18. The first-order valence-corrected chi connectivity index (χ1v) is 9.10. The Labute approximate surface area is 171 Å². The second kappa shape index (κ2) is 6.88. The summed E-state index contributed by atoms with van der Waals surface area (Å²) in [6.07, 6.45) is -8.37. The lowest BCUT2D eigenvalue weighted by molar-refractivity contribution is -0.207. The summed E-state index contributed by atoms with van der Waals surface area (Å²) >= 11 is 0. The fraction of sp³-hybridized carbons (Fsp3) is 0.238. The lowest BCUT2D eigenvalue weighted by atomic mass is 9.97. The second-order valence-corrected chi connectivity index (χ2v) is 7.24. The molecule has 0 unspecified atom stereocenters. The van der Waals surface area contributed by atoms with E-state index in [9.17, 15) is 36.6 Å². The summed E-state index contributed by atoms with van der Waals surface area (Å²) in [4.78, 5) is 25.7. The number of alkyl halides is 5. The quantitative estimate of drug-likeness (QED) is 0.634. The maximum absolute atomic E-state index is 14.8. The highest BCUT2D eigenvalue weighted by atomic mass is 19.4. The number of hydrogen-bond acceptors (Lipinski definition) is 3. The number of amides is 1. The molecular formula is C21H15F5N2O3. The minimum atomic E-state index is -5.19. The standard InChI is InChI=1S/C21H15F5N2O3/c1-27-12(9-11-5-2-3-6-13(11)18(27)30)10-28-15-8-4-7-14(17(29)21(24,25)26)16(15)20(22,23)19(28)31/h2-9,17,29H,10H2,1H3/t17-/m1/s1. The molecule has 0 bridgehead atoms. The summed E-state index contributed by atoms with van der Waals surface area (Å²) < 4.78 is 69.8. The molecule has 1 aliphatic heterocycles. The number of carbonyl (C=O) groups excluding carboxylic acids is 1. The van der Waals surface area contributed by atoms with Gasteiger partial charge in [0.15, 0.2) is 6.10 Å². The van der Waals surface area contributed by atoms with Crippen molar-refractivity contribution in [2.24, 2.45) is 7.05 Å². The van der Waals surface area contributed by atoms with Crippen molar-refractivity contribution in [3.63, 3.8) is 0 Å². The average Bonchev–Trinajstić information content (AvgIpc) is 2.91. The van der Waals surface area contributed by atoms with Gasteiger partial charge >= 0.3 is 18.0 Å². The normalized spacial score (nSPS) is 16.6. The molecule has 0 fully saturated rings. The number of aromatic nitrogens is 1. The van der Waals surface area contributed by atoms with Gasteiger partial charge in [0.05, 0.1) is 17.8 Å². The van der Waals surface area contributed by atoms with E-state index in [-0.39, 0.29) is 5.69 Å². The van der Waals surface area contributed by atoms with Crippen LogP contribution in [0.2, 0.25) is 0 Å². The molecule has 1 aliphatic rings. The van der Waals surface area contributed by atoms with E-state index in [0.717, 1.165) is 12.1 Å². The maximum Gasteiger partial charge on any atom is 0.418 e. The molecule has 1 amide bonds. The number of pyridine rings is 1. The fourth-order valence-corrected chi connectivity index (χ4v) is 3.79. The van der Waals surface area contributed by atoms with Gasteiger partial charge in [-0.15, -0.1) is 0 Å². The van der Waals surface area contributed by atoms with Crippen LogP contribution in [0.3, 0.4) is 0 Å². The number of aliphatic hydroxyl groups is 1. The molecule has 5 nitrogen and oxygen atoms in total. The number of aliphatic hydroxyl groups excluding tert-OH is 1. The third-order valence-corrected chi connectivity index (χ3v) is 5.37. The largest absolute Gasteiger partial charge is 0.418 e. The number of fused-ring (bicyclic) bond motifs is 2. The maximum atomic E-state index is 14.8. The van der Waals surface area contributed by atoms with Crippen LogP contribution < -0.4 is 10.5 Å². The number of carbonyl (C=O) groups is 1. The lowest BCUT2D eigenvalue weighted by Crippen LogP contribution is -2.36. The van der Waals surface area contributed by atoms with Crippen molar-refractivity contribution >= 4 is 22.4 Å². The topological polar surface area (TPSA) is 62.5 Å². The van der Waals surface area contributed by atoms with Crippen LogP contribution in [0.15, 0.2) is 53.3 Å². The minimum Gasteiger partial charge on any atom is -0.379 e. The molecule has 162 valence electrons. The SMILES string of the molecule is Cn1c(CN2C(=O)C(F)(F)c3c([C@@H](O)C(F)(F)F)cccc32)cc2ccccc2c1=O. The molecule has 1 atom stereocenters. The molecule has 2 aromatic carbocycles. The van der Waals surface area contributed by atoms with Crippen LogP contribution in [0.25, 0.3) is 10.8 Å². The van der Waals surface area contributed by atoms with Gasteiger partial charge in [-0.1, -0.05) is 30.3 Å². The van der Waals surface area contributed by atoms with Crippen molar-refractivity contribution in [3.8, 4) is 0 Å². The molecular weight excluding hydrogens is 423 g/mol. The van der Waals surface area contributed by atoms with E-state index in [4.69, 9.17) is 0 Å². The number of halogens is 5. The average molecular weight is 438 g/mol. The molecule has 1 aromatic heterocycles. The molecule has 0 aliphatic carbocycles. The van der Waals surface area contributed by atoms with E-state index in [1.165, 1.54) is 11.6 Å². The van der Waals surface area contributed by atoms with E-state index < -0.39 is 53.0 Å². The van der Waals surface area contributed by atoms with Gasteiger partial charge in [0.1, 0.15) is 0 Å². The van der Waals surface area contributed by atoms with Gasteiger partial charge in [-0.25, -0.2) is 0 Å². The Bertz CT molecular complexity index is 1270. The van der Waals surface area contributed by atoms with Crippen LogP contribution in [0.1, 0.15) is 22.9 Å². The van der Waals surface area contributed by atoms with Crippen LogP contribution in [-0.2, 0) is 24.3 Å². The highest BCUT2D eigenvalue weighted by molar-refractivity contribution is 6.06. The molecule has 1 N–H and O–H groups in total. The zero-order valence-corrected chi connectivity index (χ0v) is 16.0. The first-order valence-electron chi connectivity index (χ1n) is 9.10. The highest BCUT2D eigenvalue weighted by Gasteiger charge is 2.56. The van der Waals surface area contributed by atoms with Gasteiger partial charge in [0.25, 0.3) is 5.56 Å². The van der Waals surface area contributed by atoms with Crippen molar-refractivity contribution in [2.45, 2.75) is 24.7 Å². The van der Waals surface area contributed by atoms with Gasteiger partial charge in [-0.05, 0) is 23.6 Å². The van der Waals surface area contributed by atoms with Crippen molar-refractivity contribution in [3.05, 3.63) is 75.7 Å². The third-order valence-electron chi connectivity index (χ3n) is 5.37. The summed E-state index contributed by atoms with van der Waals surface area (Å²) in [7, 11) is 1.41. The molecule has 0 saturated carbocycles. The Hall–Kier alpha value is -3.27. The molecule has 3 aromatic rings. The smallest absolute Gasteiger partial charge is 0.379 e. The van der Waals surface area contributed by atoms with Crippen LogP contribution >= 0.6 is 0 Å². The number of benzene rings is 2. The molecule has 4 rings (SSSR count). The molecule has 10 heteroatoms. The molecule has 2 heterocycles. The molecule has 0 spiro atoms. The second-order valence-electron chi connectivity index (χ2n) is 7.24. The summed E-state index contributed by atoms with van der Waals surface area (Å²) in [5.41, 5.74) is -2.92. The monoisotopic (exact) mass is 438 g/mol. The predicted molar refractivity (Wildman–Crippen MR) is 102 cm³/mol. The van der Waals surface area contributed by atoms with Crippen LogP contribution in [0, 0.1) is 0 Å².